The molecule has 1 aliphatic rings. The third kappa shape index (κ3) is 5.35. The van der Waals surface area contributed by atoms with E-state index < -0.39 is 5.41 Å². The second-order valence-electron chi connectivity index (χ2n) is 7.12. The second kappa shape index (κ2) is 9.41. The molecule has 26 heavy (non-hydrogen) atoms. The van der Waals surface area contributed by atoms with Crippen molar-refractivity contribution in [3.8, 4) is 5.75 Å². The van der Waals surface area contributed by atoms with E-state index in [1.54, 1.807) is 26.0 Å². The molecule has 0 saturated heterocycles. The molecule has 0 saturated carbocycles. The van der Waals surface area contributed by atoms with Gasteiger partial charge in [0.2, 0.25) is 11.8 Å². The van der Waals surface area contributed by atoms with Crippen molar-refractivity contribution in [2.75, 3.05) is 18.5 Å². The van der Waals surface area contributed by atoms with Crippen LogP contribution in [0.3, 0.4) is 0 Å². The summed E-state index contributed by atoms with van der Waals surface area (Å²) >= 11 is 0. The molecule has 1 aromatic carbocycles. The lowest BCUT2D eigenvalue weighted by Crippen LogP contribution is -2.45. The predicted molar refractivity (Wildman–Crippen MR) is 104 cm³/mol. The van der Waals surface area contributed by atoms with Crippen LogP contribution in [0.25, 0.3) is 0 Å². The lowest BCUT2D eigenvalue weighted by atomic mass is 9.90. The van der Waals surface area contributed by atoms with Crippen LogP contribution >= 0.6 is 0 Å². The van der Waals surface area contributed by atoms with Crippen LogP contribution in [0.15, 0.2) is 35.9 Å². The van der Waals surface area contributed by atoms with Gasteiger partial charge in [-0.15, -0.1) is 0 Å². The third-order valence-corrected chi connectivity index (χ3v) is 4.69. The summed E-state index contributed by atoms with van der Waals surface area (Å²) in [6.07, 6.45) is 7.87. The van der Waals surface area contributed by atoms with Gasteiger partial charge in [-0.1, -0.05) is 23.8 Å². The Morgan fingerprint density at radius 1 is 1.15 bits per heavy atom. The number of benzene rings is 1. The molecule has 0 aliphatic heterocycles. The van der Waals surface area contributed by atoms with E-state index in [0.29, 0.717) is 24.6 Å². The number of nitrogens with one attached hydrogen (secondary N) is 2. The summed E-state index contributed by atoms with van der Waals surface area (Å²) < 4.78 is 5.52. The smallest absolute Gasteiger partial charge is 0.239 e. The first kappa shape index (κ1) is 20.0. The van der Waals surface area contributed by atoms with E-state index >= 15 is 0 Å². The maximum absolute atomic E-state index is 12.7. The third-order valence-electron chi connectivity index (χ3n) is 4.69. The number of rotatable bonds is 8. The summed E-state index contributed by atoms with van der Waals surface area (Å²) in [6, 6.07) is 7.23. The molecule has 5 nitrogen and oxygen atoms in total. The molecule has 0 bridgehead atoms. The van der Waals surface area contributed by atoms with Crippen molar-refractivity contribution < 1.29 is 14.3 Å². The van der Waals surface area contributed by atoms with Crippen LogP contribution in [0.4, 0.5) is 5.69 Å². The van der Waals surface area contributed by atoms with Gasteiger partial charge in [-0.3, -0.25) is 9.59 Å². The summed E-state index contributed by atoms with van der Waals surface area (Å²) in [5, 5.41) is 5.73. The van der Waals surface area contributed by atoms with Crippen molar-refractivity contribution in [3.63, 3.8) is 0 Å². The Bertz CT molecular complexity index is 665. The minimum absolute atomic E-state index is 0.264. The standard InChI is InChI=1S/C21H30N2O3/c1-4-26-18-13-9-8-12-17(18)23-20(25)21(2,3)19(24)22-15-14-16-10-6-5-7-11-16/h8-10,12-13H,4-7,11,14-15H2,1-3H3,(H,22,24)(H,23,25). The van der Waals surface area contributed by atoms with Gasteiger partial charge in [0.15, 0.2) is 0 Å². The predicted octanol–water partition coefficient (Wildman–Crippen LogP) is 4.06. The zero-order valence-electron chi connectivity index (χ0n) is 16.1. The first-order chi connectivity index (χ1) is 12.4. The molecule has 0 unspecified atom stereocenters. The Hall–Kier alpha value is -2.30. The van der Waals surface area contributed by atoms with Crippen LogP contribution in [-0.4, -0.2) is 25.0 Å². The summed E-state index contributed by atoms with van der Waals surface area (Å²) in [5.74, 6) is -0.0110. The fourth-order valence-electron chi connectivity index (χ4n) is 2.92. The largest absolute Gasteiger partial charge is 0.492 e. The number of hydrogen-bond acceptors (Lipinski definition) is 3. The van der Waals surface area contributed by atoms with Crippen molar-refractivity contribution in [2.45, 2.75) is 52.9 Å². The van der Waals surface area contributed by atoms with Gasteiger partial charge < -0.3 is 15.4 Å². The number of hydrogen-bond donors (Lipinski definition) is 2. The number of ether oxygens (including phenoxy) is 1. The molecule has 0 radical (unpaired) electrons. The maximum atomic E-state index is 12.7. The highest BCUT2D eigenvalue weighted by Crippen LogP contribution is 2.27. The van der Waals surface area contributed by atoms with Gasteiger partial charge in [0.05, 0.1) is 12.3 Å². The molecule has 2 N–H and O–H groups in total. The van der Waals surface area contributed by atoms with Crippen LogP contribution in [0.1, 0.15) is 52.9 Å². The van der Waals surface area contributed by atoms with Crippen LogP contribution in [0.2, 0.25) is 0 Å². The molecule has 0 fully saturated rings. The molecule has 2 rings (SSSR count). The highest BCUT2D eigenvalue weighted by atomic mass is 16.5. The molecule has 0 aromatic heterocycles. The first-order valence-electron chi connectivity index (χ1n) is 9.44. The van der Waals surface area contributed by atoms with Crippen LogP contribution in [0.5, 0.6) is 5.75 Å². The number of amides is 2. The van der Waals surface area contributed by atoms with Crippen molar-refractivity contribution in [1.29, 1.82) is 0 Å². The molecule has 1 aliphatic carbocycles. The van der Waals surface area contributed by atoms with Crippen LogP contribution in [0, 0.1) is 5.41 Å². The van der Waals surface area contributed by atoms with Gasteiger partial charge in [0, 0.05) is 6.54 Å². The average molecular weight is 358 g/mol. The first-order valence-corrected chi connectivity index (χ1v) is 9.44. The van der Waals surface area contributed by atoms with E-state index in [1.807, 2.05) is 19.1 Å². The number of carbonyl (C=O) groups is 2. The molecule has 0 spiro atoms. The molecular formula is C21H30N2O3. The minimum atomic E-state index is -1.17. The Labute approximate surface area is 156 Å². The van der Waals surface area contributed by atoms with Gasteiger partial charge in [0.25, 0.3) is 0 Å². The Balaban J connectivity index is 1.91. The van der Waals surface area contributed by atoms with Gasteiger partial charge in [-0.05, 0) is 65.0 Å². The Morgan fingerprint density at radius 3 is 2.62 bits per heavy atom. The second-order valence-corrected chi connectivity index (χ2v) is 7.12. The fraction of sp³-hybridized carbons (Fsp3) is 0.524. The summed E-state index contributed by atoms with van der Waals surface area (Å²) in [6.45, 7) is 6.24. The summed E-state index contributed by atoms with van der Waals surface area (Å²) in [7, 11) is 0. The number of para-hydroxylation sites is 2. The quantitative estimate of drug-likeness (QED) is 0.544. The molecular weight excluding hydrogens is 328 g/mol. The number of carbonyl (C=O) groups excluding carboxylic acids is 2. The molecule has 5 heteroatoms. The van der Waals surface area contributed by atoms with E-state index in [4.69, 9.17) is 4.74 Å². The molecule has 0 atom stereocenters. The van der Waals surface area contributed by atoms with E-state index in [0.717, 1.165) is 19.3 Å². The van der Waals surface area contributed by atoms with Gasteiger partial charge in [-0.25, -0.2) is 0 Å². The number of anilines is 1. The van der Waals surface area contributed by atoms with Crippen LogP contribution in [-0.2, 0) is 9.59 Å². The monoisotopic (exact) mass is 358 g/mol. The Morgan fingerprint density at radius 2 is 1.92 bits per heavy atom. The average Bonchev–Trinajstić information content (AvgIpc) is 2.64. The van der Waals surface area contributed by atoms with E-state index in [1.165, 1.54) is 18.4 Å². The lowest BCUT2D eigenvalue weighted by molar-refractivity contribution is -0.138. The molecule has 0 heterocycles. The van der Waals surface area contributed by atoms with Crippen molar-refractivity contribution in [3.05, 3.63) is 35.9 Å². The molecule has 142 valence electrons. The maximum Gasteiger partial charge on any atom is 0.239 e. The molecule has 1 aromatic rings. The van der Waals surface area contributed by atoms with E-state index in [9.17, 15) is 9.59 Å². The minimum Gasteiger partial charge on any atom is -0.492 e. The van der Waals surface area contributed by atoms with Gasteiger partial charge in [-0.2, -0.15) is 0 Å². The van der Waals surface area contributed by atoms with Gasteiger partial charge in [0.1, 0.15) is 11.2 Å². The number of allylic oxidation sites excluding steroid dienone is 1. The van der Waals surface area contributed by atoms with Crippen molar-refractivity contribution in [2.24, 2.45) is 5.41 Å². The van der Waals surface area contributed by atoms with E-state index in [2.05, 4.69) is 16.7 Å². The van der Waals surface area contributed by atoms with Gasteiger partial charge >= 0.3 is 0 Å². The zero-order valence-corrected chi connectivity index (χ0v) is 16.1. The fourth-order valence-corrected chi connectivity index (χ4v) is 2.92. The summed E-state index contributed by atoms with van der Waals surface area (Å²) in [4.78, 5) is 25.2. The summed E-state index contributed by atoms with van der Waals surface area (Å²) in [5.41, 5.74) is 0.817. The Kier molecular flexibility index (Phi) is 7.25. The highest BCUT2D eigenvalue weighted by molar-refractivity contribution is 6.10. The normalized spacial score (nSPS) is 14.3. The van der Waals surface area contributed by atoms with Crippen LogP contribution < -0.4 is 15.4 Å². The SMILES string of the molecule is CCOc1ccccc1NC(=O)C(C)(C)C(=O)NCCC1=CCCCC1. The zero-order chi connectivity index (χ0) is 19.0. The highest BCUT2D eigenvalue weighted by Gasteiger charge is 2.36. The van der Waals surface area contributed by atoms with Crippen molar-refractivity contribution >= 4 is 17.5 Å². The molecule has 2 amide bonds. The lowest BCUT2D eigenvalue weighted by Gasteiger charge is -2.23. The topological polar surface area (TPSA) is 67.4 Å². The van der Waals surface area contributed by atoms with Crippen molar-refractivity contribution in [1.82, 2.24) is 5.32 Å². The van der Waals surface area contributed by atoms with E-state index in [-0.39, 0.29) is 11.8 Å².